The predicted octanol–water partition coefficient (Wildman–Crippen LogP) is 3.21. The Labute approximate surface area is 152 Å². The van der Waals surface area contributed by atoms with Gasteiger partial charge in [0.25, 0.3) is 5.91 Å². The summed E-state index contributed by atoms with van der Waals surface area (Å²) < 4.78 is 16.2. The van der Waals surface area contributed by atoms with Crippen LogP contribution in [0.15, 0.2) is 42.5 Å². The number of carbonyl (C=O) groups is 2. The van der Waals surface area contributed by atoms with Gasteiger partial charge in [-0.2, -0.15) is 0 Å². The first-order chi connectivity index (χ1) is 12.7. The highest BCUT2D eigenvalue weighted by Crippen LogP contribution is 2.32. The van der Waals surface area contributed by atoms with Gasteiger partial charge in [-0.1, -0.05) is 19.1 Å². The van der Waals surface area contributed by atoms with E-state index in [1.807, 2.05) is 19.1 Å². The number of rotatable bonds is 5. The van der Waals surface area contributed by atoms with Crippen molar-refractivity contribution in [3.63, 3.8) is 0 Å². The van der Waals surface area contributed by atoms with Crippen molar-refractivity contribution in [2.24, 2.45) is 0 Å². The fourth-order valence-electron chi connectivity index (χ4n) is 2.53. The molecular weight excluding hydrogens is 334 g/mol. The first kappa shape index (κ1) is 17.8. The van der Waals surface area contributed by atoms with Crippen LogP contribution in [-0.2, 0) is 16.0 Å². The van der Waals surface area contributed by atoms with Crippen LogP contribution in [-0.4, -0.2) is 31.7 Å². The maximum absolute atomic E-state index is 12.0. The standard InChI is InChI=1S/C20H21NO5/c1-2-14-4-6-15(7-5-14)20(23)26-13-19(22)21-16-8-9-17-18(12-16)25-11-3-10-24-17/h4-9,12H,2-3,10-11,13H2,1H3,(H,21,22). The molecule has 1 aliphatic heterocycles. The summed E-state index contributed by atoms with van der Waals surface area (Å²) in [7, 11) is 0. The van der Waals surface area contributed by atoms with Crippen molar-refractivity contribution >= 4 is 17.6 Å². The van der Waals surface area contributed by atoms with Crippen molar-refractivity contribution in [2.75, 3.05) is 25.1 Å². The van der Waals surface area contributed by atoms with Gasteiger partial charge in [-0.25, -0.2) is 4.79 Å². The molecule has 0 saturated heterocycles. The summed E-state index contributed by atoms with van der Waals surface area (Å²) in [5.41, 5.74) is 2.11. The molecule has 1 amide bonds. The Morgan fingerprint density at radius 2 is 1.77 bits per heavy atom. The molecule has 26 heavy (non-hydrogen) atoms. The van der Waals surface area contributed by atoms with Gasteiger partial charge < -0.3 is 19.5 Å². The first-order valence-corrected chi connectivity index (χ1v) is 8.61. The number of fused-ring (bicyclic) bond motifs is 1. The van der Waals surface area contributed by atoms with Gasteiger partial charge in [-0.3, -0.25) is 4.79 Å². The third-order valence-corrected chi connectivity index (χ3v) is 3.96. The molecule has 0 aromatic heterocycles. The number of carbonyl (C=O) groups excluding carboxylic acids is 2. The van der Waals surface area contributed by atoms with Crippen molar-refractivity contribution in [2.45, 2.75) is 19.8 Å². The number of esters is 1. The first-order valence-electron chi connectivity index (χ1n) is 8.61. The fourth-order valence-corrected chi connectivity index (χ4v) is 2.53. The van der Waals surface area contributed by atoms with Gasteiger partial charge in [0.05, 0.1) is 18.8 Å². The maximum atomic E-state index is 12.0. The molecule has 1 aliphatic rings. The van der Waals surface area contributed by atoms with Crippen molar-refractivity contribution in [1.82, 2.24) is 0 Å². The minimum Gasteiger partial charge on any atom is -0.490 e. The van der Waals surface area contributed by atoms with Crippen LogP contribution in [0.5, 0.6) is 11.5 Å². The summed E-state index contributed by atoms with van der Waals surface area (Å²) in [5.74, 6) is 0.301. The Balaban J connectivity index is 1.53. The highest BCUT2D eigenvalue weighted by molar-refractivity contribution is 5.95. The summed E-state index contributed by atoms with van der Waals surface area (Å²) in [4.78, 5) is 24.0. The van der Waals surface area contributed by atoms with Gasteiger partial charge >= 0.3 is 5.97 Å². The molecule has 0 aliphatic carbocycles. The highest BCUT2D eigenvalue weighted by Gasteiger charge is 2.13. The number of anilines is 1. The number of ether oxygens (including phenoxy) is 3. The van der Waals surface area contributed by atoms with Crippen molar-refractivity contribution in [3.05, 3.63) is 53.6 Å². The lowest BCUT2D eigenvalue weighted by molar-refractivity contribution is -0.119. The van der Waals surface area contributed by atoms with Gasteiger partial charge in [0.1, 0.15) is 0 Å². The highest BCUT2D eigenvalue weighted by atomic mass is 16.5. The molecule has 136 valence electrons. The average Bonchev–Trinajstić information content (AvgIpc) is 2.91. The van der Waals surface area contributed by atoms with E-state index in [4.69, 9.17) is 14.2 Å². The van der Waals surface area contributed by atoms with E-state index in [9.17, 15) is 9.59 Å². The Kier molecular flexibility index (Phi) is 5.73. The van der Waals surface area contributed by atoms with Gasteiger partial charge in [-0.15, -0.1) is 0 Å². The summed E-state index contributed by atoms with van der Waals surface area (Å²) in [6.45, 7) is 2.85. The molecule has 0 radical (unpaired) electrons. The summed E-state index contributed by atoms with van der Waals surface area (Å²) in [6.07, 6.45) is 1.71. The Bertz CT molecular complexity index is 785. The third kappa shape index (κ3) is 4.53. The number of hydrogen-bond donors (Lipinski definition) is 1. The normalized spacial score (nSPS) is 12.8. The Morgan fingerprint density at radius 3 is 2.50 bits per heavy atom. The number of benzene rings is 2. The molecule has 0 saturated carbocycles. The van der Waals surface area contributed by atoms with Gasteiger partial charge in [0.2, 0.25) is 0 Å². The van der Waals surface area contributed by atoms with E-state index in [1.54, 1.807) is 30.3 Å². The van der Waals surface area contributed by atoms with Crippen LogP contribution in [0.4, 0.5) is 5.69 Å². The zero-order valence-corrected chi connectivity index (χ0v) is 14.6. The van der Waals surface area contributed by atoms with Crippen molar-refractivity contribution in [1.29, 1.82) is 0 Å². The SMILES string of the molecule is CCc1ccc(C(=O)OCC(=O)Nc2ccc3c(c2)OCCCO3)cc1. The molecule has 0 spiro atoms. The topological polar surface area (TPSA) is 73.9 Å². The zero-order chi connectivity index (χ0) is 18.4. The Morgan fingerprint density at radius 1 is 1.04 bits per heavy atom. The van der Waals surface area contributed by atoms with E-state index < -0.39 is 11.9 Å². The molecular formula is C20H21NO5. The molecule has 6 nitrogen and oxygen atoms in total. The van der Waals surface area contributed by atoms with Crippen molar-refractivity contribution in [3.8, 4) is 11.5 Å². The summed E-state index contributed by atoms with van der Waals surface area (Å²) >= 11 is 0. The molecule has 3 rings (SSSR count). The van der Waals surface area contributed by atoms with Crippen molar-refractivity contribution < 1.29 is 23.8 Å². The van der Waals surface area contributed by atoms with E-state index in [0.717, 1.165) is 18.4 Å². The smallest absolute Gasteiger partial charge is 0.338 e. The largest absolute Gasteiger partial charge is 0.490 e. The molecule has 0 fully saturated rings. The van der Waals surface area contributed by atoms with Gasteiger partial charge in [-0.05, 0) is 36.2 Å². The minimum atomic E-state index is -0.526. The molecule has 2 aromatic rings. The second kappa shape index (κ2) is 8.38. The lowest BCUT2D eigenvalue weighted by atomic mass is 10.1. The Hall–Kier alpha value is -3.02. The third-order valence-electron chi connectivity index (χ3n) is 3.96. The molecule has 2 aromatic carbocycles. The fraction of sp³-hybridized carbons (Fsp3) is 0.300. The monoisotopic (exact) mass is 355 g/mol. The lowest BCUT2D eigenvalue weighted by Gasteiger charge is -2.10. The summed E-state index contributed by atoms with van der Waals surface area (Å²) in [5, 5.41) is 2.69. The molecule has 1 heterocycles. The molecule has 6 heteroatoms. The van der Waals surface area contributed by atoms with Crippen LogP contribution in [0.3, 0.4) is 0 Å². The predicted molar refractivity (Wildman–Crippen MR) is 96.8 cm³/mol. The van der Waals surface area contributed by atoms with E-state index >= 15 is 0 Å². The number of hydrogen-bond acceptors (Lipinski definition) is 5. The van der Waals surface area contributed by atoms with E-state index in [1.165, 1.54) is 0 Å². The van der Waals surface area contributed by atoms with Crippen LogP contribution >= 0.6 is 0 Å². The average molecular weight is 355 g/mol. The second-order valence-corrected chi connectivity index (χ2v) is 5.89. The molecule has 0 bridgehead atoms. The summed E-state index contributed by atoms with van der Waals surface area (Å²) in [6, 6.07) is 12.3. The maximum Gasteiger partial charge on any atom is 0.338 e. The van der Waals surface area contributed by atoms with Crippen LogP contribution in [0.1, 0.15) is 29.3 Å². The van der Waals surface area contributed by atoms with Crippen LogP contribution in [0.25, 0.3) is 0 Å². The minimum absolute atomic E-state index is 0.358. The van der Waals surface area contributed by atoms with Gasteiger partial charge in [0, 0.05) is 18.2 Å². The van der Waals surface area contributed by atoms with Gasteiger partial charge in [0.15, 0.2) is 18.1 Å². The number of aryl methyl sites for hydroxylation is 1. The zero-order valence-electron chi connectivity index (χ0n) is 14.6. The van der Waals surface area contributed by atoms with Crippen LogP contribution in [0.2, 0.25) is 0 Å². The molecule has 0 atom stereocenters. The van der Waals surface area contributed by atoms with Crippen LogP contribution < -0.4 is 14.8 Å². The molecule has 1 N–H and O–H groups in total. The van der Waals surface area contributed by atoms with E-state index in [-0.39, 0.29) is 6.61 Å². The lowest BCUT2D eigenvalue weighted by Crippen LogP contribution is -2.21. The van der Waals surface area contributed by atoms with Crippen LogP contribution in [0, 0.1) is 0 Å². The quantitative estimate of drug-likeness (QED) is 0.834. The number of nitrogens with one attached hydrogen (secondary N) is 1. The second-order valence-electron chi connectivity index (χ2n) is 5.89. The number of amides is 1. The molecule has 0 unspecified atom stereocenters. The van der Waals surface area contributed by atoms with E-state index in [2.05, 4.69) is 5.32 Å². The van der Waals surface area contributed by atoms with E-state index in [0.29, 0.717) is 36.0 Å².